The van der Waals surface area contributed by atoms with Crippen molar-refractivity contribution in [1.29, 1.82) is 0 Å². The molecule has 0 unspecified atom stereocenters. The van der Waals surface area contributed by atoms with Crippen molar-refractivity contribution in [2.45, 2.75) is 59.9 Å². The van der Waals surface area contributed by atoms with Crippen LogP contribution < -0.4 is 4.74 Å². The predicted octanol–water partition coefficient (Wildman–Crippen LogP) is 4.31. The Morgan fingerprint density at radius 1 is 1.14 bits per heavy atom. The van der Waals surface area contributed by atoms with Crippen LogP contribution in [0.25, 0.3) is 10.9 Å². The summed E-state index contributed by atoms with van der Waals surface area (Å²) < 4.78 is 6.99. The number of carbonyl (C=O) groups is 2. The number of hydrogen-bond acceptors (Lipinski definition) is 4. The summed E-state index contributed by atoms with van der Waals surface area (Å²) in [6.45, 7) is 9.62. The van der Waals surface area contributed by atoms with Gasteiger partial charge >= 0.3 is 0 Å². The van der Waals surface area contributed by atoms with E-state index in [0.717, 1.165) is 49.7 Å². The molecule has 6 nitrogen and oxygen atoms in total. The molecule has 0 aliphatic carbocycles. The van der Waals surface area contributed by atoms with Gasteiger partial charge in [-0.2, -0.15) is 5.10 Å². The first-order valence-corrected chi connectivity index (χ1v) is 10.3. The Bertz CT molecular complexity index is 803. The Balaban J connectivity index is 2.38. The first-order valence-electron chi connectivity index (χ1n) is 10.3. The Hall–Kier alpha value is -2.37. The van der Waals surface area contributed by atoms with Crippen LogP contribution in [0.1, 0.15) is 63.9 Å². The molecule has 1 aromatic carbocycles. The standard InChI is InChI=1S/C22H33N3O3/c1-6-8-12-24(13-9-7-2)20(26)15-25-19-14-17(28-5)10-11-18(19)21(23-25)22(27)16(3)4/h10-11,14,16H,6-9,12-13,15H2,1-5H3. The van der Waals surface area contributed by atoms with Gasteiger partial charge in [0.2, 0.25) is 5.91 Å². The predicted molar refractivity (Wildman–Crippen MR) is 112 cm³/mol. The first kappa shape index (κ1) is 21.9. The van der Waals surface area contributed by atoms with Crippen molar-refractivity contribution in [3.63, 3.8) is 0 Å². The summed E-state index contributed by atoms with van der Waals surface area (Å²) in [5.74, 6) is 0.543. The van der Waals surface area contributed by atoms with Crippen LogP contribution >= 0.6 is 0 Å². The smallest absolute Gasteiger partial charge is 0.244 e. The third-order valence-electron chi connectivity index (χ3n) is 4.92. The quantitative estimate of drug-likeness (QED) is 0.539. The molecular formula is C22H33N3O3. The second-order valence-corrected chi connectivity index (χ2v) is 7.50. The zero-order valence-electron chi connectivity index (χ0n) is 17.8. The van der Waals surface area contributed by atoms with Gasteiger partial charge in [0.15, 0.2) is 5.78 Å². The van der Waals surface area contributed by atoms with Gasteiger partial charge in [-0.1, -0.05) is 40.5 Å². The number of rotatable bonds is 11. The maximum absolute atomic E-state index is 13.0. The number of nitrogens with zero attached hydrogens (tertiary/aromatic N) is 3. The van der Waals surface area contributed by atoms with Crippen molar-refractivity contribution >= 4 is 22.6 Å². The van der Waals surface area contributed by atoms with Gasteiger partial charge in [0.25, 0.3) is 0 Å². The fourth-order valence-corrected chi connectivity index (χ4v) is 3.14. The maximum atomic E-state index is 13.0. The minimum Gasteiger partial charge on any atom is -0.497 e. The largest absolute Gasteiger partial charge is 0.497 e. The van der Waals surface area contributed by atoms with Gasteiger partial charge in [0.05, 0.1) is 12.6 Å². The van der Waals surface area contributed by atoms with Gasteiger partial charge in [-0.15, -0.1) is 0 Å². The number of ether oxygens (including phenoxy) is 1. The summed E-state index contributed by atoms with van der Waals surface area (Å²) in [6, 6.07) is 5.51. The molecule has 154 valence electrons. The zero-order chi connectivity index (χ0) is 20.7. The highest BCUT2D eigenvalue weighted by molar-refractivity contribution is 6.07. The fraction of sp³-hybridized carbons (Fsp3) is 0.591. The Morgan fingerprint density at radius 2 is 1.79 bits per heavy atom. The highest BCUT2D eigenvalue weighted by Crippen LogP contribution is 2.25. The van der Waals surface area contributed by atoms with Crippen molar-refractivity contribution in [3.05, 3.63) is 23.9 Å². The molecule has 0 aliphatic rings. The van der Waals surface area contributed by atoms with E-state index in [-0.39, 0.29) is 24.2 Å². The zero-order valence-corrected chi connectivity index (χ0v) is 17.8. The molecule has 2 rings (SSSR count). The molecule has 0 bridgehead atoms. The molecule has 0 saturated heterocycles. The van der Waals surface area contributed by atoms with Gasteiger partial charge in [0, 0.05) is 30.5 Å². The minimum atomic E-state index is -0.157. The van der Waals surface area contributed by atoms with Gasteiger partial charge in [0.1, 0.15) is 18.0 Å². The Kier molecular flexibility index (Phi) is 8.03. The van der Waals surface area contributed by atoms with Crippen molar-refractivity contribution < 1.29 is 14.3 Å². The van der Waals surface area contributed by atoms with E-state index in [4.69, 9.17) is 4.74 Å². The first-order chi connectivity index (χ1) is 13.4. The summed E-state index contributed by atoms with van der Waals surface area (Å²) in [5, 5.41) is 5.30. The van der Waals surface area contributed by atoms with Crippen LogP contribution in [0.3, 0.4) is 0 Å². The molecule has 0 N–H and O–H groups in total. The lowest BCUT2D eigenvalue weighted by Crippen LogP contribution is -2.35. The van der Waals surface area contributed by atoms with E-state index in [9.17, 15) is 9.59 Å². The van der Waals surface area contributed by atoms with E-state index in [2.05, 4.69) is 18.9 Å². The van der Waals surface area contributed by atoms with Crippen LogP contribution in [0.15, 0.2) is 18.2 Å². The number of amides is 1. The normalized spacial score (nSPS) is 11.2. The van der Waals surface area contributed by atoms with Crippen molar-refractivity contribution in [2.75, 3.05) is 20.2 Å². The minimum absolute atomic E-state index is 0.0183. The average Bonchev–Trinajstić information content (AvgIpc) is 3.04. The van der Waals surface area contributed by atoms with E-state index in [1.54, 1.807) is 11.8 Å². The van der Waals surface area contributed by atoms with Gasteiger partial charge in [-0.05, 0) is 25.0 Å². The summed E-state index contributed by atoms with van der Waals surface area (Å²) in [7, 11) is 1.60. The second-order valence-electron chi connectivity index (χ2n) is 7.50. The highest BCUT2D eigenvalue weighted by atomic mass is 16.5. The van der Waals surface area contributed by atoms with Crippen LogP contribution in [0.4, 0.5) is 0 Å². The molecule has 0 saturated carbocycles. The van der Waals surface area contributed by atoms with E-state index in [1.165, 1.54) is 0 Å². The number of hydrogen-bond donors (Lipinski definition) is 0. The molecule has 1 heterocycles. The van der Waals surface area contributed by atoms with E-state index in [1.807, 2.05) is 36.9 Å². The molecular weight excluding hydrogens is 354 g/mol. The van der Waals surface area contributed by atoms with Crippen LogP contribution in [0.5, 0.6) is 5.75 Å². The molecule has 1 amide bonds. The van der Waals surface area contributed by atoms with E-state index in [0.29, 0.717) is 11.4 Å². The lowest BCUT2D eigenvalue weighted by molar-refractivity contribution is -0.132. The van der Waals surface area contributed by atoms with Crippen LogP contribution in [-0.2, 0) is 11.3 Å². The monoisotopic (exact) mass is 387 g/mol. The molecule has 1 aromatic heterocycles. The Labute approximate surface area is 167 Å². The average molecular weight is 388 g/mol. The SMILES string of the molecule is CCCCN(CCCC)C(=O)Cn1nc(C(=O)C(C)C)c2ccc(OC)cc21. The maximum Gasteiger partial charge on any atom is 0.244 e. The van der Waals surface area contributed by atoms with E-state index >= 15 is 0 Å². The third-order valence-corrected chi connectivity index (χ3v) is 4.92. The summed E-state index contributed by atoms with van der Waals surface area (Å²) in [6.07, 6.45) is 4.07. The number of aromatic nitrogens is 2. The molecule has 28 heavy (non-hydrogen) atoms. The van der Waals surface area contributed by atoms with Gasteiger partial charge < -0.3 is 9.64 Å². The molecule has 6 heteroatoms. The van der Waals surface area contributed by atoms with E-state index < -0.39 is 0 Å². The van der Waals surface area contributed by atoms with Crippen molar-refractivity contribution in [2.24, 2.45) is 5.92 Å². The molecule has 0 radical (unpaired) electrons. The summed E-state index contributed by atoms with van der Waals surface area (Å²) in [4.78, 5) is 27.5. The fourth-order valence-electron chi connectivity index (χ4n) is 3.14. The number of ketones is 1. The lowest BCUT2D eigenvalue weighted by atomic mass is 10.0. The summed E-state index contributed by atoms with van der Waals surface area (Å²) >= 11 is 0. The number of Topliss-reactive ketones (excluding diaryl/α,β-unsaturated/α-hetero) is 1. The van der Waals surface area contributed by atoms with Crippen LogP contribution in [-0.4, -0.2) is 46.6 Å². The number of benzene rings is 1. The number of methoxy groups -OCH3 is 1. The Morgan fingerprint density at radius 3 is 2.32 bits per heavy atom. The van der Waals surface area contributed by atoms with Crippen LogP contribution in [0.2, 0.25) is 0 Å². The molecule has 0 fully saturated rings. The third kappa shape index (κ3) is 5.12. The summed E-state index contributed by atoms with van der Waals surface area (Å²) in [5.41, 5.74) is 1.18. The topological polar surface area (TPSA) is 64.4 Å². The molecule has 0 atom stereocenters. The molecule has 0 spiro atoms. The lowest BCUT2D eigenvalue weighted by Gasteiger charge is -2.22. The van der Waals surface area contributed by atoms with Gasteiger partial charge in [-0.3, -0.25) is 14.3 Å². The van der Waals surface area contributed by atoms with Gasteiger partial charge in [-0.25, -0.2) is 0 Å². The van der Waals surface area contributed by atoms with Crippen molar-refractivity contribution in [1.82, 2.24) is 14.7 Å². The number of carbonyl (C=O) groups excluding carboxylic acids is 2. The number of fused-ring (bicyclic) bond motifs is 1. The van der Waals surface area contributed by atoms with Crippen LogP contribution in [0, 0.1) is 5.92 Å². The highest BCUT2D eigenvalue weighted by Gasteiger charge is 2.22. The molecule has 0 aliphatic heterocycles. The molecule has 2 aromatic rings. The second kappa shape index (κ2) is 10.2. The number of unbranched alkanes of at least 4 members (excludes halogenated alkanes) is 2. The van der Waals surface area contributed by atoms with Crippen molar-refractivity contribution in [3.8, 4) is 5.75 Å².